The van der Waals surface area contributed by atoms with Gasteiger partial charge in [0.1, 0.15) is 0 Å². The van der Waals surface area contributed by atoms with Crippen molar-refractivity contribution in [2.75, 3.05) is 0 Å². The van der Waals surface area contributed by atoms with Crippen molar-refractivity contribution in [1.82, 2.24) is 0 Å². The molecular weight excluding hydrogens is 184 g/mol. The largest absolute Gasteiger partial charge is 0.385 e. The zero-order valence-corrected chi connectivity index (χ0v) is 10.2. The number of rotatable bonds is 4. The molecular formula is C14H22O. The summed E-state index contributed by atoms with van der Waals surface area (Å²) in [6.07, 6.45) is 2.28. The Hall–Kier alpha value is -0.820. The van der Waals surface area contributed by atoms with E-state index in [2.05, 4.69) is 19.1 Å². The van der Waals surface area contributed by atoms with Crippen LogP contribution in [0.3, 0.4) is 0 Å². The Bertz CT molecular complexity index is 296. The summed E-state index contributed by atoms with van der Waals surface area (Å²) in [5.74, 6) is 0.231. The molecule has 0 aliphatic rings. The van der Waals surface area contributed by atoms with Crippen molar-refractivity contribution in [2.24, 2.45) is 5.92 Å². The molecule has 0 radical (unpaired) electrons. The molecule has 0 aromatic heterocycles. The molecule has 0 amide bonds. The van der Waals surface area contributed by atoms with E-state index in [1.165, 1.54) is 12.0 Å². The minimum Gasteiger partial charge on any atom is -0.385 e. The van der Waals surface area contributed by atoms with Gasteiger partial charge < -0.3 is 5.11 Å². The van der Waals surface area contributed by atoms with Crippen LogP contribution in [0.5, 0.6) is 0 Å². The Kier molecular flexibility index (Phi) is 3.92. The van der Waals surface area contributed by atoms with Gasteiger partial charge >= 0.3 is 0 Å². The Balaban J connectivity index is 2.88. The van der Waals surface area contributed by atoms with Crippen molar-refractivity contribution in [3.63, 3.8) is 0 Å². The van der Waals surface area contributed by atoms with E-state index in [1.807, 2.05) is 32.9 Å². The van der Waals surface area contributed by atoms with Crippen LogP contribution in [0, 0.1) is 5.92 Å². The van der Waals surface area contributed by atoms with E-state index in [0.29, 0.717) is 0 Å². The van der Waals surface area contributed by atoms with E-state index in [-0.39, 0.29) is 5.92 Å². The van der Waals surface area contributed by atoms with Gasteiger partial charge in [-0.1, -0.05) is 51.5 Å². The highest BCUT2D eigenvalue weighted by atomic mass is 16.3. The first-order valence-corrected chi connectivity index (χ1v) is 5.80. The van der Waals surface area contributed by atoms with Crippen molar-refractivity contribution < 1.29 is 5.11 Å². The quantitative estimate of drug-likeness (QED) is 0.799. The van der Waals surface area contributed by atoms with E-state index in [9.17, 15) is 5.11 Å². The summed E-state index contributed by atoms with van der Waals surface area (Å²) < 4.78 is 0. The van der Waals surface area contributed by atoms with E-state index >= 15 is 0 Å². The second kappa shape index (κ2) is 4.80. The summed E-state index contributed by atoms with van der Waals surface area (Å²) in [4.78, 5) is 0. The van der Waals surface area contributed by atoms with Crippen LogP contribution in [0.1, 0.15) is 45.2 Å². The Labute approximate surface area is 93.1 Å². The molecule has 0 bridgehead atoms. The third kappa shape index (κ3) is 2.82. The molecule has 0 unspecified atom stereocenters. The highest BCUT2D eigenvalue weighted by molar-refractivity contribution is 5.27. The third-order valence-corrected chi connectivity index (χ3v) is 3.20. The average molecular weight is 206 g/mol. The maximum Gasteiger partial charge on any atom is 0.0891 e. The van der Waals surface area contributed by atoms with Gasteiger partial charge in [-0.15, -0.1) is 0 Å². The summed E-state index contributed by atoms with van der Waals surface area (Å²) in [6.45, 7) is 8.14. The van der Waals surface area contributed by atoms with Gasteiger partial charge in [0.15, 0.2) is 0 Å². The maximum atomic E-state index is 10.3. The highest BCUT2D eigenvalue weighted by Crippen LogP contribution is 2.28. The van der Waals surface area contributed by atoms with Crippen LogP contribution in [0.2, 0.25) is 0 Å². The Morgan fingerprint density at radius 2 is 1.73 bits per heavy atom. The molecule has 1 aromatic carbocycles. The number of aryl methyl sites for hydroxylation is 1. The second-order valence-electron chi connectivity index (χ2n) is 4.75. The number of aliphatic hydroxyl groups is 1. The summed E-state index contributed by atoms with van der Waals surface area (Å²) in [5.41, 5.74) is 1.64. The molecule has 0 fully saturated rings. The fourth-order valence-electron chi connectivity index (χ4n) is 1.63. The van der Waals surface area contributed by atoms with Gasteiger partial charge in [0.2, 0.25) is 0 Å². The Morgan fingerprint density at radius 3 is 2.13 bits per heavy atom. The molecule has 1 nitrogen and oxygen atoms in total. The van der Waals surface area contributed by atoms with E-state index < -0.39 is 5.60 Å². The monoisotopic (exact) mass is 206 g/mol. The molecule has 1 atom stereocenters. The topological polar surface area (TPSA) is 20.2 Å². The SMILES string of the molecule is CCCc1ccc([C@@](C)(O)C(C)C)cc1. The third-order valence-electron chi connectivity index (χ3n) is 3.20. The fourth-order valence-corrected chi connectivity index (χ4v) is 1.63. The zero-order chi connectivity index (χ0) is 11.5. The van der Waals surface area contributed by atoms with Gasteiger partial charge in [-0.3, -0.25) is 0 Å². The average Bonchev–Trinajstić information content (AvgIpc) is 2.19. The number of benzene rings is 1. The van der Waals surface area contributed by atoms with Crippen molar-refractivity contribution in [3.8, 4) is 0 Å². The smallest absolute Gasteiger partial charge is 0.0891 e. The molecule has 0 saturated heterocycles. The first-order chi connectivity index (χ1) is 6.98. The molecule has 1 N–H and O–H groups in total. The minimum atomic E-state index is -0.718. The van der Waals surface area contributed by atoms with Crippen molar-refractivity contribution in [2.45, 2.75) is 46.1 Å². The van der Waals surface area contributed by atoms with Crippen LogP contribution in [0.4, 0.5) is 0 Å². The van der Waals surface area contributed by atoms with Gasteiger partial charge in [-0.05, 0) is 30.4 Å². The zero-order valence-electron chi connectivity index (χ0n) is 10.2. The Morgan fingerprint density at radius 1 is 1.20 bits per heavy atom. The van der Waals surface area contributed by atoms with Gasteiger partial charge in [0.05, 0.1) is 5.60 Å². The maximum absolute atomic E-state index is 10.3. The van der Waals surface area contributed by atoms with Gasteiger partial charge in [-0.2, -0.15) is 0 Å². The standard InChI is InChI=1S/C14H22O/c1-5-6-12-7-9-13(10-8-12)14(4,15)11(2)3/h7-11,15H,5-6H2,1-4H3/t14-/m0/s1. The lowest BCUT2D eigenvalue weighted by molar-refractivity contribution is 0.00904. The predicted octanol–water partition coefficient (Wildman–Crippen LogP) is 3.50. The summed E-state index contributed by atoms with van der Waals surface area (Å²) >= 11 is 0. The first-order valence-electron chi connectivity index (χ1n) is 5.80. The highest BCUT2D eigenvalue weighted by Gasteiger charge is 2.26. The lowest BCUT2D eigenvalue weighted by Gasteiger charge is -2.28. The van der Waals surface area contributed by atoms with Crippen molar-refractivity contribution in [3.05, 3.63) is 35.4 Å². The second-order valence-corrected chi connectivity index (χ2v) is 4.75. The van der Waals surface area contributed by atoms with Crippen LogP contribution in [-0.4, -0.2) is 5.11 Å². The lowest BCUT2D eigenvalue weighted by Crippen LogP contribution is -2.27. The molecule has 1 heteroatoms. The van der Waals surface area contributed by atoms with Gasteiger partial charge in [-0.25, -0.2) is 0 Å². The first kappa shape index (κ1) is 12.3. The van der Waals surface area contributed by atoms with Crippen LogP contribution < -0.4 is 0 Å². The van der Waals surface area contributed by atoms with Crippen LogP contribution in [-0.2, 0) is 12.0 Å². The van der Waals surface area contributed by atoms with Crippen LogP contribution >= 0.6 is 0 Å². The van der Waals surface area contributed by atoms with E-state index in [0.717, 1.165) is 12.0 Å². The number of hydrogen-bond acceptors (Lipinski definition) is 1. The minimum absolute atomic E-state index is 0.231. The summed E-state index contributed by atoms with van der Waals surface area (Å²) in [6, 6.07) is 8.33. The molecule has 0 aliphatic heterocycles. The molecule has 0 heterocycles. The summed E-state index contributed by atoms with van der Waals surface area (Å²) in [7, 11) is 0. The molecule has 1 rings (SSSR count). The van der Waals surface area contributed by atoms with Crippen molar-refractivity contribution in [1.29, 1.82) is 0 Å². The summed E-state index contributed by atoms with van der Waals surface area (Å²) in [5, 5.41) is 10.3. The molecule has 0 aliphatic carbocycles. The predicted molar refractivity (Wildman–Crippen MR) is 64.8 cm³/mol. The molecule has 1 aromatic rings. The van der Waals surface area contributed by atoms with Gasteiger partial charge in [0, 0.05) is 0 Å². The van der Waals surface area contributed by atoms with Gasteiger partial charge in [0.25, 0.3) is 0 Å². The fraction of sp³-hybridized carbons (Fsp3) is 0.571. The molecule has 0 saturated carbocycles. The molecule has 84 valence electrons. The lowest BCUT2D eigenvalue weighted by atomic mass is 9.85. The van der Waals surface area contributed by atoms with Crippen LogP contribution in [0.15, 0.2) is 24.3 Å². The van der Waals surface area contributed by atoms with Crippen LogP contribution in [0.25, 0.3) is 0 Å². The van der Waals surface area contributed by atoms with Crippen molar-refractivity contribution >= 4 is 0 Å². The normalized spacial score (nSPS) is 15.3. The van der Waals surface area contributed by atoms with E-state index in [1.54, 1.807) is 0 Å². The molecule has 0 spiro atoms. The molecule has 15 heavy (non-hydrogen) atoms. The van der Waals surface area contributed by atoms with E-state index in [4.69, 9.17) is 0 Å². The number of hydrogen-bond donors (Lipinski definition) is 1.